The average molecular weight is 323 g/mol. The number of rotatable bonds is 6. The third kappa shape index (κ3) is 4.22. The van der Waals surface area contributed by atoms with Crippen LogP contribution in [0, 0.1) is 5.92 Å². The van der Waals surface area contributed by atoms with E-state index in [9.17, 15) is 4.79 Å². The van der Waals surface area contributed by atoms with Crippen molar-refractivity contribution in [2.24, 2.45) is 5.92 Å². The summed E-state index contributed by atoms with van der Waals surface area (Å²) in [6, 6.07) is 20.7. The lowest BCUT2D eigenvalue weighted by Gasteiger charge is -2.21. The van der Waals surface area contributed by atoms with E-state index >= 15 is 0 Å². The molecule has 0 saturated carbocycles. The van der Waals surface area contributed by atoms with E-state index in [1.165, 1.54) is 5.56 Å². The summed E-state index contributed by atoms with van der Waals surface area (Å²) in [5.41, 5.74) is 8.79. The number of amides is 1. The van der Waals surface area contributed by atoms with E-state index in [4.69, 9.17) is 0 Å². The van der Waals surface area contributed by atoms with E-state index in [2.05, 4.69) is 59.5 Å². The Labute approximate surface area is 143 Å². The molecule has 126 valence electrons. The number of carbonyl (C=O) groups excluding carboxylic acids is 1. The highest BCUT2D eigenvalue weighted by Gasteiger charge is 2.34. The van der Waals surface area contributed by atoms with Crippen molar-refractivity contribution >= 4 is 5.91 Å². The first-order valence-corrected chi connectivity index (χ1v) is 8.61. The SMILES string of the molecule is CC(CCc1ccccc1)NC(=O)C1CNNC1c1ccccc1. The van der Waals surface area contributed by atoms with Crippen LogP contribution < -0.4 is 16.2 Å². The van der Waals surface area contributed by atoms with Gasteiger partial charge in [-0.15, -0.1) is 0 Å². The molecule has 0 aromatic heterocycles. The van der Waals surface area contributed by atoms with E-state index in [0.717, 1.165) is 18.4 Å². The molecular weight excluding hydrogens is 298 g/mol. The van der Waals surface area contributed by atoms with Crippen molar-refractivity contribution in [1.29, 1.82) is 0 Å². The molecular formula is C20H25N3O. The van der Waals surface area contributed by atoms with Crippen molar-refractivity contribution in [3.05, 3.63) is 71.8 Å². The van der Waals surface area contributed by atoms with E-state index in [-0.39, 0.29) is 23.9 Å². The fourth-order valence-corrected chi connectivity index (χ4v) is 3.17. The zero-order valence-electron chi connectivity index (χ0n) is 14.0. The average Bonchev–Trinajstić information content (AvgIpc) is 3.11. The van der Waals surface area contributed by atoms with Crippen molar-refractivity contribution in [3.63, 3.8) is 0 Å². The topological polar surface area (TPSA) is 53.2 Å². The Kier molecular flexibility index (Phi) is 5.62. The fraction of sp³-hybridized carbons (Fsp3) is 0.350. The molecule has 0 bridgehead atoms. The van der Waals surface area contributed by atoms with E-state index < -0.39 is 0 Å². The summed E-state index contributed by atoms with van der Waals surface area (Å²) in [6.07, 6.45) is 1.92. The molecule has 1 saturated heterocycles. The van der Waals surface area contributed by atoms with Crippen molar-refractivity contribution in [3.8, 4) is 0 Å². The summed E-state index contributed by atoms with van der Waals surface area (Å²) in [6.45, 7) is 2.73. The number of nitrogens with one attached hydrogen (secondary N) is 3. The maximum Gasteiger partial charge on any atom is 0.226 e. The van der Waals surface area contributed by atoms with E-state index in [1.54, 1.807) is 0 Å². The summed E-state index contributed by atoms with van der Waals surface area (Å²) in [5.74, 6) is 0.0218. The molecule has 0 spiro atoms. The van der Waals surface area contributed by atoms with Crippen LogP contribution in [0.3, 0.4) is 0 Å². The lowest BCUT2D eigenvalue weighted by Crippen LogP contribution is -2.40. The molecule has 1 amide bonds. The summed E-state index contributed by atoms with van der Waals surface area (Å²) in [5, 5.41) is 3.17. The predicted octanol–water partition coefficient (Wildman–Crippen LogP) is 2.59. The number of aryl methyl sites for hydroxylation is 1. The fourth-order valence-electron chi connectivity index (χ4n) is 3.17. The normalized spacial score (nSPS) is 21.4. The zero-order chi connectivity index (χ0) is 16.8. The van der Waals surface area contributed by atoms with Gasteiger partial charge < -0.3 is 5.32 Å². The minimum absolute atomic E-state index is 0.0209. The van der Waals surface area contributed by atoms with Gasteiger partial charge in [0.25, 0.3) is 0 Å². The quantitative estimate of drug-likeness (QED) is 0.766. The maximum atomic E-state index is 12.7. The Morgan fingerprint density at radius 3 is 2.50 bits per heavy atom. The third-order valence-electron chi connectivity index (χ3n) is 4.57. The second kappa shape index (κ2) is 8.08. The number of hydrogen-bond donors (Lipinski definition) is 3. The zero-order valence-corrected chi connectivity index (χ0v) is 14.0. The Hall–Kier alpha value is -2.17. The summed E-state index contributed by atoms with van der Waals surface area (Å²) >= 11 is 0. The van der Waals surface area contributed by atoms with Crippen LogP contribution >= 0.6 is 0 Å². The molecule has 1 aliphatic heterocycles. The van der Waals surface area contributed by atoms with Gasteiger partial charge in [-0.1, -0.05) is 60.7 Å². The molecule has 2 aromatic rings. The van der Waals surface area contributed by atoms with Crippen molar-refractivity contribution < 1.29 is 4.79 Å². The van der Waals surface area contributed by atoms with Gasteiger partial charge in [-0.2, -0.15) is 0 Å². The number of benzene rings is 2. The van der Waals surface area contributed by atoms with Gasteiger partial charge in [0.15, 0.2) is 0 Å². The van der Waals surface area contributed by atoms with Gasteiger partial charge in [-0.25, -0.2) is 5.43 Å². The highest BCUT2D eigenvalue weighted by Crippen LogP contribution is 2.24. The smallest absolute Gasteiger partial charge is 0.226 e. The summed E-state index contributed by atoms with van der Waals surface area (Å²) in [7, 11) is 0. The standard InChI is InChI=1S/C20H25N3O/c1-15(12-13-16-8-4-2-5-9-16)22-20(24)18-14-21-23-19(18)17-10-6-3-7-11-17/h2-11,15,18-19,21,23H,12-14H2,1H3,(H,22,24). The van der Waals surface area contributed by atoms with Gasteiger partial charge in [0.2, 0.25) is 5.91 Å². The van der Waals surface area contributed by atoms with Gasteiger partial charge in [0, 0.05) is 12.6 Å². The van der Waals surface area contributed by atoms with Crippen LogP contribution in [0.15, 0.2) is 60.7 Å². The molecule has 1 fully saturated rings. The first kappa shape index (κ1) is 16.7. The molecule has 4 nitrogen and oxygen atoms in total. The monoisotopic (exact) mass is 323 g/mol. The summed E-state index contributed by atoms with van der Waals surface area (Å²) in [4.78, 5) is 12.7. The molecule has 4 heteroatoms. The molecule has 24 heavy (non-hydrogen) atoms. The first-order valence-electron chi connectivity index (χ1n) is 8.61. The van der Waals surface area contributed by atoms with Crippen LogP contribution in [-0.4, -0.2) is 18.5 Å². The largest absolute Gasteiger partial charge is 0.353 e. The Morgan fingerprint density at radius 1 is 1.12 bits per heavy atom. The maximum absolute atomic E-state index is 12.7. The molecule has 0 radical (unpaired) electrons. The van der Waals surface area contributed by atoms with E-state index in [0.29, 0.717) is 6.54 Å². The number of hydrogen-bond acceptors (Lipinski definition) is 3. The minimum Gasteiger partial charge on any atom is -0.353 e. The van der Waals surface area contributed by atoms with Crippen LogP contribution in [0.2, 0.25) is 0 Å². The first-order chi connectivity index (χ1) is 11.7. The molecule has 3 unspecified atom stereocenters. The molecule has 3 rings (SSSR count). The summed E-state index contributed by atoms with van der Waals surface area (Å²) < 4.78 is 0. The van der Waals surface area contributed by atoms with Gasteiger partial charge in [-0.3, -0.25) is 10.2 Å². The second-order valence-electron chi connectivity index (χ2n) is 6.45. The van der Waals surface area contributed by atoms with Crippen molar-refractivity contribution in [2.45, 2.75) is 31.8 Å². The van der Waals surface area contributed by atoms with Gasteiger partial charge >= 0.3 is 0 Å². The predicted molar refractivity (Wildman–Crippen MR) is 96.2 cm³/mol. The minimum atomic E-state index is -0.0911. The molecule has 1 heterocycles. The molecule has 1 aliphatic rings. The number of carbonyl (C=O) groups is 1. The van der Waals surface area contributed by atoms with Crippen LogP contribution in [0.1, 0.15) is 30.5 Å². The Morgan fingerprint density at radius 2 is 1.79 bits per heavy atom. The van der Waals surface area contributed by atoms with E-state index in [1.807, 2.05) is 24.3 Å². The van der Waals surface area contributed by atoms with Crippen LogP contribution in [0.4, 0.5) is 0 Å². The molecule has 3 N–H and O–H groups in total. The lowest BCUT2D eigenvalue weighted by molar-refractivity contribution is -0.125. The Bertz CT molecular complexity index is 644. The van der Waals surface area contributed by atoms with Gasteiger partial charge in [0.1, 0.15) is 0 Å². The highest BCUT2D eigenvalue weighted by molar-refractivity contribution is 5.80. The van der Waals surface area contributed by atoms with Crippen LogP contribution in [0.5, 0.6) is 0 Å². The van der Waals surface area contributed by atoms with Crippen LogP contribution in [-0.2, 0) is 11.2 Å². The van der Waals surface area contributed by atoms with Crippen LogP contribution in [0.25, 0.3) is 0 Å². The molecule has 2 aromatic carbocycles. The van der Waals surface area contributed by atoms with Gasteiger partial charge in [0.05, 0.1) is 12.0 Å². The Balaban J connectivity index is 1.54. The highest BCUT2D eigenvalue weighted by atomic mass is 16.2. The molecule has 0 aliphatic carbocycles. The van der Waals surface area contributed by atoms with Crippen molar-refractivity contribution in [2.75, 3.05) is 6.54 Å². The number of hydrazine groups is 1. The third-order valence-corrected chi connectivity index (χ3v) is 4.57. The second-order valence-corrected chi connectivity index (χ2v) is 6.45. The van der Waals surface area contributed by atoms with Crippen molar-refractivity contribution in [1.82, 2.24) is 16.2 Å². The molecule has 3 atom stereocenters. The van der Waals surface area contributed by atoms with Gasteiger partial charge in [-0.05, 0) is 30.9 Å². The lowest BCUT2D eigenvalue weighted by atomic mass is 9.94.